The molecule has 0 bridgehead atoms. The van der Waals surface area contributed by atoms with E-state index in [2.05, 4.69) is 0 Å². The van der Waals surface area contributed by atoms with Crippen LogP contribution in [0.4, 0.5) is 4.39 Å². The van der Waals surface area contributed by atoms with Crippen LogP contribution in [-0.4, -0.2) is 18.9 Å². The minimum Gasteiger partial charge on any atom is -0.496 e. The van der Waals surface area contributed by atoms with Crippen molar-refractivity contribution in [2.45, 2.75) is 17.4 Å². The van der Waals surface area contributed by atoms with Crippen LogP contribution in [0.3, 0.4) is 0 Å². The number of para-hydroxylation sites is 1. The molecule has 2 aromatic carbocycles. The van der Waals surface area contributed by atoms with Gasteiger partial charge in [-0.15, -0.1) is 11.8 Å². The summed E-state index contributed by atoms with van der Waals surface area (Å²) in [5, 5.41) is 0. The van der Waals surface area contributed by atoms with Crippen molar-refractivity contribution in [3.63, 3.8) is 0 Å². The van der Waals surface area contributed by atoms with Crippen LogP contribution in [0.2, 0.25) is 0 Å². The summed E-state index contributed by atoms with van der Waals surface area (Å²) in [6.07, 6.45) is 0.762. The van der Waals surface area contributed by atoms with Crippen LogP contribution in [0.5, 0.6) is 5.75 Å². The maximum absolute atomic E-state index is 12.8. The molecule has 0 aliphatic carbocycles. The van der Waals surface area contributed by atoms with E-state index in [1.54, 1.807) is 31.0 Å². The van der Waals surface area contributed by atoms with E-state index in [9.17, 15) is 4.39 Å². The molecule has 0 saturated carbocycles. The standard InChI is InChI=1S/C16H18FNOS/c1-19-16-5-3-2-4-12(16)10-14(18)11-20-15-8-6-13(17)7-9-15/h2-9,14H,10-11,18H2,1H3. The van der Waals surface area contributed by atoms with Crippen molar-refractivity contribution in [3.8, 4) is 5.75 Å². The SMILES string of the molecule is COc1ccccc1CC(N)CSc1ccc(F)cc1. The number of nitrogens with two attached hydrogens (primary N) is 1. The van der Waals surface area contributed by atoms with Gasteiger partial charge in [-0.25, -0.2) is 4.39 Å². The van der Waals surface area contributed by atoms with Gasteiger partial charge in [-0.2, -0.15) is 0 Å². The predicted octanol–water partition coefficient (Wildman–Crippen LogP) is 3.50. The second-order valence-corrected chi connectivity index (χ2v) is 5.63. The van der Waals surface area contributed by atoms with Gasteiger partial charge in [-0.1, -0.05) is 18.2 Å². The zero-order valence-electron chi connectivity index (χ0n) is 11.4. The lowest BCUT2D eigenvalue weighted by Gasteiger charge is -2.14. The number of benzene rings is 2. The molecule has 4 heteroatoms. The van der Waals surface area contributed by atoms with E-state index in [4.69, 9.17) is 10.5 Å². The van der Waals surface area contributed by atoms with Crippen molar-refractivity contribution < 1.29 is 9.13 Å². The van der Waals surface area contributed by atoms with Gasteiger partial charge in [0.25, 0.3) is 0 Å². The molecule has 106 valence electrons. The molecule has 2 nitrogen and oxygen atoms in total. The van der Waals surface area contributed by atoms with Gasteiger partial charge >= 0.3 is 0 Å². The summed E-state index contributed by atoms with van der Waals surface area (Å²) in [7, 11) is 1.66. The Morgan fingerprint density at radius 1 is 1.15 bits per heavy atom. The second-order valence-electron chi connectivity index (χ2n) is 4.54. The molecule has 0 radical (unpaired) electrons. The third kappa shape index (κ3) is 4.25. The number of halogens is 1. The summed E-state index contributed by atoms with van der Waals surface area (Å²) in [5.74, 6) is 1.44. The molecule has 0 amide bonds. The van der Waals surface area contributed by atoms with Crippen molar-refractivity contribution in [2.75, 3.05) is 12.9 Å². The third-order valence-corrected chi connectivity index (χ3v) is 4.15. The number of hydrogen-bond acceptors (Lipinski definition) is 3. The van der Waals surface area contributed by atoms with Crippen molar-refractivity contribution in [1.29, 1.82) is 0 Å². The number of hydrogen-bond donors (Lipinski definition) is 1. The Kier molecular flexibility index (Phi) is 5.44. The Morgan fingerprint density at radius 2 is 1.85 bits per heavy atom. The minimum absolute atomic E-state index is 0.0290. The van der Waals surface area contributed by atoms with Crippen LogP contribution in [0.15, 0.2) is 53.4 Å². The molecule has 2 rings (SSSR count). The summed E-state index contributed by atoms with van der Waals surface area (Å²) in [6, 6.07) is 14.4. The molecule has 0 fully saturated rings. The van der Waals surface area contributed by atoms with Crippen molar-refractivity contribution in [1.82, 2.24) is 0 Å². The Morgan fingerprint density at radius 3 is 2.55 bits per heavy atom. The van der Waals surface area contributed by atoms with Gasteiger partial charge in [0.2, 0.25) is 0 Å². The van der Waals surface area contributed by atoms with E-state index in [1.807, 2.05) is 24.3 Å². The van der Waals surface area contributed by atoms with Gasteiger partial charge in [0, 0.05) is 16.7 Å². The maximum atomic E-state index is 12.8. The normalized spacial score (nSPS) is 12.2. The highest BCUT2D eigenvalue weighted by molar-refractivity contribution is 7.99. The third-order valence-electron chi connectivity index (χ3n) is 2.95. The van der Waals surface area contributed by atoms with Crippen molar-refractivity contribution in [3.05, 3.63) is 59.9 Å². The number of methoxy groups -OCH3 is 1. The van der Waals surface area contributed by atoms with Gasteiger partial charge in [0.15, 0.2) is 0 Å². The van der Waals surface area contributed by atoms with E-state index in [0.29, 0.717) is 0 Å². The van der Waals surface area contributed by atoms with E-state index in [-0.39, 0.29) is 11.9 Å². The fourth-order valence-corrected chi connectivity index (χ4v) is 2.80. The molecular weight excluding hydrogens is 273 g/mol. The van der Waals surface area contributed by atoms with Crippen LogP contribution < -0.4 is 10.5 Å². The Labute approximate surface area is 123 Å². The predicted molar refractivity (Wildman–Crippen MR) is 81.8 cm³/mol. The van der Waals surface area contributed by atoms with Crippen LogP contribution in [0, 0.1) is 5.82 Å². The smallest absolute Gasteiger partial charge is 0.123 e. The first kappa shape index (κ1) is 14.9. The number of rotatable bonds is 6. The highest BCUT2D eigenvalue weighted by Crippen LogP contribution is 2.22. The molecule has 0 aromatic heterocycles. The zero-order chi connectivity index (χ0) is 14.4. The van der Waals surface area contributed by atoms with E-state index >= 15 is 0 Å². The van der Waals surface area contributed by atoms with E-state index in [1.165, 1.54) is 12.1 Å². The first-order chi connectivity index (χ1) is 9.69. The summed E-state index contributed by atoms with van der Waals surface area (Å²) in [5.41, 5.74) is 7.27. The monoisotopic (exact) mass is 291 g/mol. The zero-order valence-corrected chi connectivity index (χ0v) is 12.2. The van der Waals surface area contributed by atoms with Crippen LogP contribution in [0.1, 0.15) is 5.56 Å². The molecular formula is C16H18FNOS. The summed E-state index contributed by atoms with van der Waals surface area (Å²) in [6.45, 7) is 0. The summed E-state index contributed by atoms with van der Waals surface area (Å²) in [4.78, 5) is 1.03. The molecule has 0 aliphatic rings. The lowest BCUT2D eigenvalue weighted by atomic mass is 10.1. The Hall–Kier alpha value is -1.52. The van der Waals surface area contributed by atoms with Gasteiger partial charge in [0.05, 0.1) is 7.11 Å². The molecule has 2 N–H and O–H groups in total. The van der Waals surface area contributed by atoms with Gasteiger partial charge in [0.1, 0.15) is 11.6 Å². The fourth-order valence-electron chi connectivity index (χ4n) is 1.95. The Balaban J connectivity index is 1.89. The fraction of sp³-hybridized carbons (Fsp3) is 0.250. The maximum Gasteiger partial charge on any atom is 0.123 e. The van der Waals surface area contributed by atoms with Crippen LogP contribution in [0.25, 0.3) is 0 Å². The molecule has 1 unspecified atom stereocenters. The van der Waals surface area contributed by atoms with Crippen molar-refractivity contribution in [2.24, 2.45) is 5.73 Å². The topological polar surface area (TPSA) is 35.2 Å². The molecule has 0 spiro atoms. The van der Waals surface area contributed by atoms with Crippen molar-refractivity contribution >= 4 is 11.8 Å². The van der Waals surface area contributed by atoms with Gasteiger partial charge in [-0.05, 0) is 42.3 Å². The highest BCUT2D eigenvalue weighted by atomic mass is 32.2. The van der Waals surface area contributed by atoms with Gasteiger partial charge in [-0.3, -0.25) is 0 Å². The lowest BCUT2D eigenvalue weighted by Crippen LogP contribution is -2.25. The molecule has 0 saturated heterocycles. The summed E-state index contributed by atoms with van der Waals surface area (Å²) >= 11 is 1.64. The van der Waals surface area contributed by atoms with E-state index in [0.717, 1.165) is 28.4 Å². The van der Waals surface area contributed by atoms with E-state index < -0.39 is 0 Å². The lowest BCUT2D eigenvalue weighted by molar-refractivity contribution is 0.408. The Bertz CT molecular complexity index is 544. The average Bonchev–Trinajstić information content (AvgIpc) is 2.47. The highest BCUT2D eigenvalue weighted by Gasteiger charge is 2.09. The summed E-state index contributed by atoms with van der Waals surface area (Å²) < 4.78 is 18.1. The number of thioether (sulfide) groups is 1. The minimum atomic E-state index is -0.215. The molecule has 0 heterocycles. The quantitative estimate of drug-likeness (QED) is 0.827. The van der Waals surface area contributed by atoms with Gasteiger partial charge < -0.3 is 10.5 Å². The van der Waals surface area contributed by atoms with Crippen LogP contribution in [-0.2, 0) is 6.42 Å². The molecule has 2 aromatic rings. The average molecular weight is 291 g/mol. The molecule has 20 heavy (non-hydrogen) atoms. The van der Waals surface area contributed by atoms with Crippen LogP contribution >= 0.6 is 11.8 Å². The molecule has 1 atom stereocenters. The second kappa shape index (κ2) is 7.31. The first-order valence-electron chi connectivity index (χ1n) is 6.45. The largest absolute Gasteiger partial charge is 0.496 e. The molecule has 0 aliphatic heterocycles. The first-order valence-corrected chi connectivity index (χ1v) is 7.43. The number of ether oxygens (including phenoxy) is 1.